The first-order valence-electron chi connectivity index (χ1n) is 6.30. The molecule has 1 aromatic carbocycles. The molecule has 0 bridgehead atoms. The van der Waals surface area contributed by atoms with Crippen molar-refractivity contribution in [3.63, 3.8) is 0 Å². The van der Waals surface area contributed by atoms with Crippen molar-refractivity contribution in [2.45, 2.75) is 13.3 Å². The molecule has 2 heterocycles. The van der Waals surface area contributed by atoms with E-state index in [1.54, 1.807) is 22.7 Å². The van der Waals surface area contributed by atoms with Crippen LogP contribution < -0.4 is 0 Å². The van der Waals surface area contributed by atoms with Gasteiger partial charge >= 0.3 is 0 Å². The quantitative estimate of drug-likeness (QED) is 0.659. The summed E-state index contributed by atoms with van der Waals surface area (Å²) in [5, 5.41) is 6.81. The van der Waals surface area contributed by atoms with Gasteiger partial charge in [-0.25, -0.2) is 4.98 Å². The number of thiazole rings is 1. The van der Waals surface area contributed by atoms with Gasteiger partial charge in [0.15, 0.2) is 5.78 Å². The fourth-order valence-electron chi connectivity index (χ4n) is 2.01. The molecule has 3 aromatic rings. The average Bonchev–Trinajstić information content (AvgIpc) is 3.09. The molecular weight excluding hydrogens is 286 g/mol. The van der Waals surface area contributed by atoms with Crippen LogP contribution in [0.15, 0.2) is 46.5 Å². The normalized spacial score (nSPS) is 10.7. The molecule has 100 valence electrons. The molecule has 0 saturated carbocycles. The minimum Gasteiger partial charge on any atom is -0.294 e. The van der Waals surface area contributed by atoms with Crippen LogP contribution in [0.3, 0.4) is 0 Å². The number of Topliss-reactive ketones (excluding diaryl/α,β-unsaturated/α-hetero) is 1. The lowest BCUT2D eigenvalue weighted by molar-refractivity contribution is 0.0993. The van der Waals surface area contributed by atoms with Crippen LogP contribution in [0, 0.1) is 6.92 Å². The van der Waals surface area contributed by atoms with E-state index in [1.807, 2.05) is 53.4 Å². The highest BCUT2D eigenvalue weighted by atomic mass is 32.1. The highest BCUT2D eigenvalue weighted by Crippen LogP contribution is 2.23. The molecule has 2 nitrogen and oxygen atoms in total. The summed E-state index contributed by atoms with van der Waals surface area (Å²) in [5.41, 5.74) is 3.92. The van der Waals surface area contributed by atoms with Crippen LogP contribution >= 0.6 is 22.7 Å². The number of carbonyl (C=O) groups is 1. The molecule has 0 aliphatic carbocycles. The lowest BCUT2D eigenvalue weighted by Gasteiger charge is -1.97. The first-order chi connectivity index (χ1) is 9.74. The molecule has 0 atom stereocenters. The van der Waals surface area contributed by atoms with Crippen LogP contribution in [0.2, 0.25) is 0 Å². The Hall–Kier alpha value is -1.78. The molecule has 0 fully saturated rings. The number of rotatable bonds is 4. The maximum absolute atomic E-state index is 12.2. The van der Waals surface area contributed by atoms with Gasteiger partial charge in [-0.3, -0.25) is 4.79 Å². The summed E-state index contributed by atoms with van der Waals surface area (Å²) in [4.78, 5) is 16.8. The van der Waals surface area contributed by atoms with Gasteiger partial charge in [0.05, 0.1) is 12.1 Å². The molecule has 2 aromatic heterocycles. The molecular formula is C16H13NOS2. The zero-order valence-electron chi connectivity index (χ0n) is 11.0. The summed E-state index contributed by atoms with van der Waals surface area (Å²) < 4.78 is 0. The summed E-state index contributed by atoms with van der Waals surface area (Å²) in [6.45, 7) is 1.97. The van der Waals surface area contributed by atoms with Crippen LogP contribution in [0.4, 0.5) is 0 Å². The van der Waals surface area contributed by atoms with Gasteiger partial charge in [0, 0.05) is 21.9 Å². The number of benzene rings is 1. The van der Waals surface area contributed by atoms with Gasteiger partial charge in [0.2, 0.25) is 0 Å². The van der Waals surface area contributed by atoms with E-state index in [-0.39, 0.29) is 5.78 Å². The van der Waals surface area contributed by atoms with Gasteiger partial charge in [0.1, 0.15) is 5.01 Å². The SMILES string of the molecule is Cc1cscc1C(=O)Cc1nc(-c2ccccc2)cs1. The van der Waals surface area contributed by atoms with E-state index in [1.165, 1.54) is 0 Å². The number of aryl methyl sites for hydroxylation is 1. The van der Waals surface area contributed by atoms with E-state index < -0.39 is 0 Å². The van der Waals surface area contributed by atoms with E-state index in [4.69, 9.17) is 0 Å². The maximum atomic E-state index is 12.2. The van der Waals surface area contributed by atoms with Crippen molar-refractivity contribution in [1.29, 1.82) is 0 Å². The van der Waals surface area contributed by atoms with Gasteiger partial charge in [-0.15, -0.1) is 11.3 Å². The minimum atomic E-state index is 0.151. The Morgan fingerprint density at radius 2 is 1.95 bits per heavy atom. The van der Waals surface area contributed by atoms with Crippen molar-refractivity contribution >= 4 is 28.5 Å². The van der Waals surface area contributed by atoms with Crippen LogP contribution in [0.5, 0.6) is 0 Å². The number of aromatic nitrogens is 1. The molecule has 0 amide bonds. The molecule has 3 rings (SSSR count). The number of carbonyl (C=O) groups excluding carboxylic acids is 1. The van der Waals surface area contributed by atoms with Gasteiger partial charge in [-0.1, -0.05) is 30.3 Å². The fourth-order valence-corrected chi connectivity index (χ4v) is 3.67. The summed E-state index contributed by atoms with van der Waals surface area (Å²) in [7, 11) is 0. The number of hydrogen-bond donors (Lipinski definition) is 0. The molecule has 0 aliphatic heterocycles. The highest BCUT2D eigenvalue weighted by molar-refractivity contribution is 7.10. The van der Waals surface area contributed by atoms with Crippen molar-refractivity contribution in [2.24, 2.45) is 0 Å². The van der Waals surface area contributed by atoms with Crippen LogP contribution in [0.1, 0.15) is 20.9 Å². The van der Waals surface area contributed by atoms with E-state index in [9.17, 15) is 4.79 Å². The molecule has 4 heteroatoms. The third-order valence-corrected chi connectivity index (χ3v) is 4.80. The number of nitrogens with zero attached hydrogens (tertiary/aromatic N) is 1. The Balaban J connectivity index is 1.78. The molecule has 0 unspecified atom stereocenters. The Bertz CT molecular complexity index is 728. The predicted octanol–water partition coefficient (Wildman–Crippen LogP) is 4.61. The Kier molecular flexibility index (Phi) is 3.76. The van der Waals surface area contributed by atoms with Gasteiger partial charge < -0.3 is 0 Å². The number of thiophene rings is 1. The average molecular weight is 299 g/mol. The Labute approximate surface area is 125 Å². The smallest absolute Gasteiger partial charge is 0.170 e. The van der Waals surface area contributed by atoms with Gasteiger partial charge in [-0.05, 0) is 17.9 Å². The summed E-state index contributed by atoms with van der Waals surface area (Å²) >= 11 is 3.12. The predicted molar refractivity (Wildman–Crippen MR) is 84.6 cm³/mol. The monoisotopic (exact) mass is 299 g/mol. The van der Waals surface area contributed by atoms with Crippen LogP contribution in [0.25, 0.3) is 11.3 Å². The Morgan fingerprint density at radius 3 is 2.65 bits per heavy atom. The van der Waals surface area contributed by atoms with Crippen molar-refractivity contribution in [3.8, 4) is 11.3 Å². The second kappa shape index (κ2) is 5.69. The largest absolute Gasteiger partial charge is 0.294 e. The highest BCUT2D eigenvalue weighted by Gasteiger charge is 2.13. The van der Waals surface area contributed by atoms with Crippen LogP contribution in [-0.2, 0) is 6.42 Å². The Morgan fingerprint density at radius 1 is 1.15 bits per heavy atom. The third kappa shape index (κ3) is 2.71. The van der Waals surface area contributed by atoms with E-state index in [2.05, 4.69) is 4.98 Å². The summed E-state index contributed by atoms with van der Waals surface area (Å²) in [5.74, 6) is 0.151. The fraction of sp³-hybridized carbons (Fsp3) is 0.125. The second-order valence-electron chi connectivity index (χ2n) is 4.56. The molecule has 0 saturated heterocycles. The van der Waals surface area contributed by atoms with E-state index >= 15 is 0 Å². The van der Waals surface area contributed by atoms with Crippen molar-refractivity contribution in [3.05, 3.63) is 62.6 Å². The van der Waals surface area contributed by atoms with E-state index in [0.717, 1.165) is 27.4 Å². The zero-order chi connectivity index (χ0) is 13.9. The van der Waals surface area contributed by atoms with Gasteiger partial charge in [0.25, 0.3) is 0 Å². The van der Waals surface area contributed by atoms with Crippen molar-refractivity contribution in [2.75, 3.05) is 0 Å². The van der Waals surface area contributed by atoms with Crippen molar-refractivity contribution in [1.82, 2.24) is 4.98 Å². The molecule has 0 aliphatic rings. The standard InChI is InChI=1S/C16H13NOS2/c1-11-8-19-9-13(11)15(18)7-16-17-14(10-20-16)12-5-3-2-4-6-12/h2-6,8-10H,7H2,1H3. The maximum Gasteiger partial charge on any atom is 0.170 e. The van der Waals surface area contributed by atoms with Crippen molar-refractivity contribution < 1.29 is 4.79 Å². The second-order valence-corrected chi connectivity index (χ2v) is 6.25. The lowest BCUT2D eigenvalue weighted by atomic mass is 10.1. The number of hydrogen-bond acceptors (Lipinski definition) is 4. The van der Waals surface area contributed by atoms with Crippen LogP contribution in [-0.4, -0.2) is 10.8 Å². The van der Waals surface area contributed by atoms with E-state index in [0.29, 0.717) is 6.42 Å². The first-order valence-corrected chi connectivity index (χ1v) is 8.12. The lowest BCUT2D eigenvalue weighted by Crippen LogP contribution is -2.03. The molecule has 0 spiro atoms. The molecule has 20 heavy (non-hydrogen) atoms. The summed E-state index contributed by atoms with van der Waals surface area (Å²) in [6, 6.07) is 10.0. The molecule has 0 radical (unpaired) electrons. The summed E-state index contributed by atoms with van der Waals surface area (Å²) in [6.07, 6.45) is 0.384. The number of ketones is 1. The topological polar surface area (TPSA) is 30.0 Å². The molecule has 0 N–H and O–H groups in total. The first kappa shape index (κ1) is 13.2. The van der Waals surface area contributed by atoms with Gasteiger partial charge in [-0.2, -0.15) is 11.3 Å². The third-order valence-electron chi connectivity index (χ3n) is 3.09. The zero-order valence-corrected chi connectivity index (χ0v) is 12.6. The minimum absolute atomic E-state index is 0.151.